The molecule has 0 fully saturated rings. The van der Waals surface area contributed by atoms with Crippen molar-refractivity contribution in [3.8, 4) is 11.5 Å². The minimum absolute atomic E-state index is 0. The summed E-state index contributed by atoms with van der Waals surface area (Å²) in [5.41, 5.74) is 5.69. The quantitative estimate of drug-likeness (QED) is 0.900. The maximum atomic E-state index is 12.1. The Kier molecular flexibility index (Phi) is 6.78. The van der Waals surface area contributed by atoms with Crippen molar-refractivity contribution in [1.29, 1.82) is 0 Å². The van der Waals surface area contributed by atoms with Crippen LogP contribution in [0.4, 0.5) is 0 Å². The van der Waals surface area contributed by atoms with Gasteiger partial charge in [0.2, 0.25) is 5.91 Å². The first-order chi connectivity index (χ1) is 9.61. The second kappa shape index (κ2) is 8.10. The van der Waals surface area contributed by atoms with Gasteiger partial charge in [-0.05, 0) is 25.5 Å². The summed E-state index contributed by atoms with van der Waals surface area (Å²) in [6.07, 6.45) is 0.738. The van der Waals surface area contributed by atoms with Gasteiger partial charge in [0.1, 0.15) is 6.61 Å². The van der Waals surface area contributed by atoms with Crippen LogP contribution in [0, 0.1) is 0 Å². The summed E-state index contributed by atoms with van der Waals surface area (Å²) >= 11 is 0. The molecule has 0 aromatic heterocycles. The lowest BCUT2D eigenvalue weighted by molar-refractivity contribution is -0.133. The molecule has 5 nitrogen and oxygen atoms in total. The third-order valence-corrected chi connectivity index (χ3v) is 3.19. The Bertz CT molecular complexity index is 468. The third kappa shape index (κ3) is 4.51. The minimum atomic E-state index is -0.488. The van der Waals surface area contributed by atoms with E-state index in [0.717, 1.165) is 17.9 Å². The number of rotatable bonds is 5. The normalized spacial score (nSPS) is 17.6. The molecule has 0 saturated carbocycles. The van der Waals surface area contributed by atoms with Crippen LogP contribution in [-0.2, 0) is 4.79 Å². The van der Waals surface area contributed by atoms with Crippen molar-refractivity contribution in [2.75, 3.05) is 19.7 Å². The lowest BCUT2D eigenvalue weighted by Crippen LogP contribution is -2.48. The number of benzene rings is 1. The molecule has 1 aromatic carbocycles. The number of nitrogens with zero attached hydrogens (tertiary/aromatic N) is 1. The zero-order valence-corrected chi connectivity index (χ0v) is 13.3. The zero-order valence-electron chi connectivity index (χ0n) is 12.5. The number of amides is 1. The van der Waals surface area contributed by atoms with Gasteiger partial charge in [0, 0.05) is 6.54 Å². The maximum Gasteiger partial charge on any atom is 0.239 e. The number of nitrogens with two attached hydrogens (primary N) is 1. The van der Waals surface area contributed by atoms with E-state index in [1.807, 2.05) is 31.2 Å². The van der Waals surface area contributed by atoms with E-state index in [-0.39, 0.29) is 24.4 Å². The Morgan fingerprint density at radius 3 is 2.71 bits per heavy atom. The van der Waals surface area contributed by atoms with Crippen LogP contribution in [0.5, 0.6) is 11.5 Å². The first kappa shape index (κ1) is 17.6. The molecule has 0 bridgehead atoms. The highest BCUT2D eigenvalue weighted by Crippen LogP contribution is 2.31. The van der Waals surface area contributed by atoms with Crippen LogP contribution in [0.25, 0.3) is 0 Å². The Labute approximate surface area is 131 Å². The fourth-order valence-corrected chi connectivity index (χ4v) is 2.25. The number of para-hydroxylation sites is 2. The summed E-state index contributed by atoms with van der Waals surface area (Å²) in [7, 11) is 0. The van der Waals surface area contributed by atoms with Gasteiger partial charge in [-0.25, -0.2) is 0 Å². The molecule has 1 unspecified atom stereocenters. The van der Waals surface area contributed by atoms with E-state index in [0.29, 0.717) is 19.7 Å². The van der Waals surface area contributed by atoms with E-state index in [2.05, 4.69) is 0 Å². The molecule has 2 atom stereocenters. The molecular weight excluding hydrogens is 292 g/mol. The summed E-state index contributed by atoms with van der Waals surface area (Å²) in [6.45, 7) is 5.38. The lowest BCUT2D eigenvalue weighted by atomic mass is 10.2. The fraction of sp³-hybridized carbons (Fsp3) is 0.533. The monoisotopic (exact) mass is 314 g/mol. The average Bonchev–Trinajstić information content (AvgIpc) is 2.46. The molecule has 0 spiro atoms. The summed E-state index contributed by atoms with van der Waals surface area (Å²) in [5, 5.41) is 0. The molecular formula is C15H23ClN2O3. The average molecular weight is 315 g/mol. The van der Waals surface area contributed by atoms with Gasteiger partial charge in [-0.2, -0.15) is 0 Å². The lowest BCUT2D eigenvalue weighted by Gasteiger charge is -2.32. The molecule has 1 aliphatic rings. The largest absolute Gasteiger partial charge is 0.486 e. The van der Waals surface area contributed by atoms with Crippen LogP contribution in [0.1, 0.15) is 20.3 Å². The van der Waals surface area contributed by atoms with Crippen molar-refractivity contribution in [3.05, 3.63) is 24.3 Å². The standard InChI is InChI=1S/C15H22N2O3.ClH/c1-3-8-17(15(18)11(2)16)9-12-10-19-13-6-4-5-7-14(13)20-12;/h4-7,11-12H,3,8-10,16H2,1-2H3;1H/t11-,12?;/m0./s1. The molecule has 2 rings (SSSR count). The Hall–Kier alpha value is -1.46. The van der Waals surface area contributed by atoms with Crippen molar-refractivity contribution in [2.24, 2.45) is 5.73 Å². The third-order valence-electron chi connectivity index (χ3n) is 3.19. The predicted molar refractivity (Wildman–Crippen MR) is 84.1 cm³/mol. The minimum Gasteiger partial charge on any atom is -0.486 e. The number of hydrogen-bond acceptors (Lipinski definition) is 4. The molecule has 1 amide bonds. The van der Waals surface area contributed by atoms with Crippen LogP contribution in [0.15, 0.2) is 24.3 Å². The number of carbonyl (C=O) groups is 1. The van der Waals surface area contributed by atoms with Gasteiger partial charge in [-0.15, -0.1) is 12.4 Å². The van der Waals surface area contributed by atoms with Crippen molar-refractivity contribution in [2.45, 2.75) is 32.4 Å². The fourth-order valence-electron chi connectivity index (χ4n) is 2.25. The number of halogens is 1. The topological polar surface area (TPSA) is 64.8 Å². The van der Waals surface area contributed by atoms with Gasteiger partial charge in [0.25, 0.3) is 0 Å². The van der Waals surface area contributed by atoms with E-state index in [1.54, 1.807) is 11.8 Å². The van der Waals surface area contributed by atoms with Crippen molar-refractivity contribution < 1.29 is 14.3 Å². The van der Waals surface area contributed by atoms with Gasteiger partial charge >= 0.3 is 0 Å². The van der Waals surface area contributed by atoms with Gasteiger partial charge in [0.05, 0.1) is 12.6 Å². The smallest absolute Gasteiger partial charge is 0.239 e. The van der Waals surface area contributed by atoms with Crippen LogP contribution in [-0.4, -0.2) is 42.6 Å². The van der Waals surface area contributed by atoms with E-state index in [9.17, 15) is 4.79 Å². The second-order valence-electron chi connectivity index (χ2n) is 5.07. The van der Waals surface area contributed by atoms with Crippen LogP contribution >= 0.6 is 12.4 Å². The maximum absolute atomic E-state index is 12.1. The molecule has 6 heteroatoms. The van der Waals surface area contributed by atoms with Crippen LogP contribution < -0.4 is 15.2 Å². The first-order valence-electron chi connectivity index (χ1n) is 7.04. The summed E-state index contributed by atoms with van der Waals surface area (Å²) in [6, 6.07) is 7.08. The molecule has 118 valence electrons. The van der Waals surface area contributed by atoms with Crippen LogP contribution in [0.3, 0.4) is 0 Å². The van der Waals surface area contributed by atoms with E-state index in [4.69, 9.17) is 15.2 Å². The molecule has 21 heavy (non-hydrogen) atoms. The second-order valence-corrected chi connectivity index (χ2v) is 5.07. The van der Waals surface area contributed by atoms with Gasteiger partial charge in [0.15, 0.2) is 17.6 Å². The first-order valence-corrected chi connectivity index (χ1v) is 7.04. The van der Waals surface area contributed by atoms with Crippen molar-refractivity contribution in [3.63, 3.8) is 0 Å². The van der Waals surface area contributed by atoms with Crippen LogP contribution in [0.2, 0.25) is 0 Å². The van der Waals surface area contributed by atoms with E-state index in [1.165, 1.54) is 0 Å². The Balaban J connectivity index is 0.00000220. The number of hydrogen-bond donors (Lipinski definition) is 1. The SMILES string of the molecule is CCCN(CC1COc2ccccc2O1)C(=O)[C@H](C)N.Cl. The zero-order chi connectivity index (χ0) is 14.5. The summed E-state index contributed by atoms with van der Waals surface area (Å²) in [4.78, 5) is 13.8. The highest BCUT2D eigenvalue weighted by Gasteiger charge is 2.26. The molecule has 0 saturated heterocycles. The van der Waals surface area contributed by atoms with Gasteiger partial charge in [-0.1, -0.05) is 19.1 Å². The predicted octanol–water partition coefficient (Wildman–Crippen LogP) is 1.83. The molecule has 0 radical (unpaired) electrons. The van der Waals surface area contributed by atoms with Crippen molar-refractivity contribution >= 4 is 18.3 Å². The highest BCUT2D eigenvalue weighted by molar-refractivity contribution is 5.85. The van der Waals surface area contributed by atoms with E-state index >= 15 is 0 Å². The molecule has 0 aliphatic carbocycles. The molecule has 1 aliphatic heterocycles. The Morgan fingerprint density at radius 2 is 2.10 bits per heavy atom. The molecule has 1 aromatic rings. The number of fused-ring (bicyclic) bond motifs is 1. The number of ether oxygens (including phenoxy) is 2. The van der Waals surface area contributed by atoms with Gasteiger partial charge in [-0.3, -0.25) is 4.79 Å². The summed E-state index contributed by atoms with van der Waals surface area (Å²) < 4.78 is 11.5. The highest BCUT2D eigenvalue weighted by atomic mass is 35.5. The summed E-state index contributed by atoms with van der Waals surface area (Å²) in [5.74, 6) is 1.44. The number of carbonyl (C=O) groups excluding carboxylic acids is 1. The molecule has 2 N–H and O–H groups in total. The van der Waals surface area contributed by atoms with E-state index < -0.39 is 6.04 Å². The van der Waals surface area contributed by atoms with Crippen molar-refractivity contribution in [1.82, 2.24) is 4.90 Å². The van der Waals surface area contributed by atoms with Gasteiger partial charge < -0.3 is 20.1 Å². The Morgan fingerprint density at radius 1 is 1.43 bits per heavy atom. The molecule has 1 heterocycles.